The molecule has 0 spiro atoms. The Kier molecular flexibility index (Phi) is 6.68. The van der Waals surface area contributed by atoms with Crippen LogP contribution in [0, 0.1) is 0 Å². The van der Waals surface area contributed by atoms with Crippen LogP contribution in [0.2, 0.25) is 0 Å². The average molecular weight is 385 g/mol. The van der Waals surface area contributed by atoms with Crippen molar-refractivity contribution in [1.82, 2.24) is 9.88 Å². The first-order valence-corrected chi connectivity index (χ1v) is 9.60. The van der Waals surface area contributed by atoms with Crippen LogP contribution in [0.1, 0.15) is 5.69 Å². The van der Waals surface area contributed by atoms with E-state index in [-0.39, 0.29) is 0 Å². The van der Waals surface area contributed by atoms with Crippen LogP contribution in [-0.2, 0) is 6.54 Å². The first-order chi connectivity index (χ1) is 13.2. The fourth-order valence-corrected chi connectivity index (χ4v) is 3.42. The van der Waals surface area contributed by atoms with Crippen molar-refractivity contribution in [3.63, 3.8) is 0 Å². The highest BCUT2D eigenvalue weighted by Gasteiger charge is 2.08. The van der Waals surface area contributed by atoms with Gasteiger partial charge in [-0.05, 0) is 43.4 Å². The number of aromatic nitrogens is 1. The van der Waals surface area contributed by atoms with E-state index in [0.717, 1.165) is 46.6 Å². The Hall–Kier alpha value is -2.57. The summed E-state index contributed by atoms with van der Waals surface area (Å²) in [5.74, 6) is 2.52. The van der Waals surface area contributed by atoms with Gasteiger partial charge in [0.1, 0.15) is 28.9 Å². The molecule has 0 bridgehead atoms. The SMILES string of the molecule is COc1ccc(OCCN(C)Cc2csc(-c3cccc(OC)c3)n2)cc1. The molecule has 1 heterocycles. The van der Waals surface area contributed by atoms with Gasteiger partial charge in [0.05, 0.1) is 19.9 Å². The zero-order valence-corrected chi connectivity index (χ0v) is 16.7. The fraction of sp³-hybridized carbons (Fsp3) is 0.286. The van der Waals surface area contributed by atoms with E-state index in [4.69, 9.17) is 19.2 Å². The second-order valence-corrected chi connectivity index (χ2v) is 7.00. The monoisotopic (exact) mass is 384 g/mol. The number of likely N-dealkylation sites (N-methyl/N-ethyl adjacent to an activating group) is 1. The molecular weight excluding hydrogens is 360 g/mol. The van der Waals surface area contributed by atoms with Gasteiger partial charge in [0.2, 0.25) is 0 Å². The topological polar surface area (TPSA) is 43.8 Å². The maximum Gasteiger partial charge on any atom is 0.123 e. The summed E-state index contributed by atoms with van der Waals surface area (Å²) in [5.41, 5.74) is 2.14. The number of methoxy groups -OCH3 is 2. The summed E-state index contributed by atoms with van der Waals surface area (Å²) in [6.45, 7) is 2.22. The minimum absolute atomic E-state index is 0.621. The maximum atomic E-state index is 5.78. The van der Waals surface area contributed by atoms with Crippen molar-refractivity contribution >= 4 is 11.3 Å². The summed E-state index contributed by atoms with van der Waals surface area (Å²) >= 11 is 1.65. The second-order valence-electron chi connectivity index (χ2n) is 6.14. The zero-order valence-electron chi connectivity index (χ0n) is 15.8. The van der Waals surface area contributed by atoms with Gasteiger partial charge in [-0.25, -0.2) is 4.98 Å². The number of thiazole rings is 1. The molecule has 142 valence electrons. The molecule has 0 aliphatic heterocycles. The van der Waals surface area contributed by atoms with Gasteiger partial charge >= 0.3 is 0 Å². The first kappa shape index (κ1) is 19.2. The van der Waals surface area contributed by atoms with Crippen LogP contribution in [-0.4, -0.2) is 44.3 Å². The number of benzene rings is 2. The number of hydrogen-bond donors (Lipinski definition) is 0. The van der Waals surface area contributed by atoms with Gasteiger partial charge in [0.25, 0.3) is 0 Å². The predicted molar refractivity (Wildman–Crippen MR) is 109 cm³/mol. The number of rotatable bonds is 9. The van der Waals surface area contributed by atoms with Crippen molar-refractivity contribution in [3.05, 3.63) is 59.6 Å². The molecule has 27 heavy (non-hydrogen) atoms. The van der Waals surface area contributed by atoms with Crippen molar-refractivity contribution in [1.29, 1.82) is 0 Å². The summed E-state index contributed by atoms with van der Waals surface area (Å²) in [6.07, 6.45) is 0. The molecule has 3 aromatic rings. The lowest BCUT2D eigenvalue weighted by Crippen LogP contribution is -2.24. The molecule has 3 rings (SSSR count). The van der Waals surface area contributed by atoms with Crippen LogP contribution < -0.4 is 14.2 Å². The van der Waals surface area contributed by atoms with E-state index < -0.39 is 0 Å². The van der Waals surface area contributed by atoms with Crippen LogP contribution in [0.5, 0.6) is 17.2 Å². The number of nitrogens with zero attached hydrogens (tertiary/aromatic N) is 2. The van der Waals surface area contributed by atoms with Crippen LogP contribution >= 0.6 is 11.3 Å². The van der Waals surface area contributed by atoms with Gasteiger partial charge in [-0.3, -0.25) is 4.90 Å². The second kappa shape index (κ2) is 9.39. The largest absolute Gasteiger partial charge is 0.497 e. The van der Waals surface area contributed by atoms with E-state index in [1.54, 1.807) is 25.6 Å². The molecule has 0 amide bonds. The third kappa shape index (κ3) is 5.45. The van der Waals surface area contributed by atoms with Crippen LogP contribution in [0.25, 0.3) is 10.6 Å². The molecule has 0 N–H and O–H groups in total. The Labute approximate surface area is 164 Å². The van der Waals surface area contributed by atoms with E-state index in [1.807, 2.05) is 42.5 Å². The Morgan fingerprint density at radius 3 is 2.44 bits per heavy atom. The molecule has 1 aromatic heterocycles. The van der Waals surface area contributed by atoms with E-state index >= 15 is 0 Å². The Morgan fingerprint density at radius 1 is 0.963 bits per heavy atom. The normalized spacial score (nSPS) is 10.8. The molecule has 2 aromatic carbocycles. The smallest absolute Gasteiger partial charge is 0.123 e. The van der Waals surface area contributed by atoms with Crippen molar-refractivity contribution in [2.75, 3.05) is 34.4 Å². The Balaban J connectivity index is 1.49. The average Bonchev–Trinajstić information content (AvgIpc) is 3.17. The van der Waals surface area contributed by atoms with Crippen molar-refractivity contribution in [3.8, 4) is 27.8 Å². The van der Waals surface area contributed by atoms with E-state index in [0.29, 0.717) is 6.61 Å². The van der Waals surface area contributed by atoms with Crippen LogP contribution in [0.3, 0.4) is 0 Å². The Morgan fingerprint density at radius 2 is 1.70 bits per heavy atom. The van der Waals surface area contributed by atoms with Gasteiger partial charge in [-0.2, -0.15) is 0 Å². The summed E-state index contributed by atoms with van der Waals surface area (Å²) in [4.78, 5) is 6.95. The van der Waals surface area contributed by atoms with Gasteiger partial charge in [-0.1, -0.05) is 12.1 Å². The van der Waals surface area contributed by atoms with Gasteiger partial charge in [0.15, 0.2) is 0 Å². The molecule has 0 unspecified atom stereocenters. The molecule has 0 aliphatic carbocycles. The molecule has 0 radical (unpaired) electrons. The number of ether oxygens (including phenoxy) is 3. The minimum Gasteiger partial charge on any atom is -0.497 e. The van der Waals surface area contributed by atoms with Gasteiger partial charge in [0, 0.05) is 24.0 Å². The summed E-state index contributed by atoms with van der Waals surface area (Å²) in [6, 6.07) is 15.6. The summed E-state index contributed by atoms with van der Waals surface area (Å²) < 4.78 is 16.2. The Bertz CT molecular complexity index is 849. The van der Waals surface area contributed by atoms with E-state index in [2.05, 4.69) is 23.4 Å². The minimum atomic E-state index is 0.621. The van der Waals surface area contributed by atoms with Crippen LogP contribution in [0.15, 0.2) is 53.9 Å². The molecule has 0 fully saturated rings. The first-order valence-electron chi connectivity index (χ1n) is 8.72. The summed E-state index contributed by atoms with van der Waals surface area (Å²) in [5, 5.41) is 3.11. The lowest BCUT2D eigenvalue weighted by atomic mass is 10.2. The van der Waals surface area contributed by atoms with Gasteiger partial charge in [-0.15, -0.1) is 11.3 Å². The van der Waals surface area contributed by atoms with Crippen LogP contribution in [0.4, 0.5) is 0 Å². The molecule has 0 saturated heterocycles. The summed E-state index contributed by atoms with van der Waals surface area (Å²) in [7, 11) is 5.40. The highest BCUT2D eigenvalue weighted by molar-refractivity contribution is 7.13. The van der Waals surface area contributed by atoms with Crippen molar-refractivity contribution < 1.29 is 14.2 Å². The molecular formula is C21H24N2O3S. The molecule has 0 atom stereocenters. The molecule has 0 aliphatic rings. The number of hydrogen-bond acceptors (Lipinski definition) is 6. The highest BCUT2D eigenvalue weighted by atomic mass is 32.1. The van der Waals surface area contributed by atoms with Gasteiger partial charge < -0.3 is 14.2 Å². The lowest BCUT2D eigenvalue weighted by Gasteiger charge is -2.15. The zero-order chi connectivity index (χ0) is 19.1. The molecule has 0 saturated carbocycles. The highest BCUT2D eigenvalue weighted by Crippen LogP contribution is 2.27. The van der Waals surface area contributed by atoms with Crippen molar-refractivity contribution in [2.24, 2.45) is 0 Å². The maximum absolute atomic E-state index is 5.78. The molecule has 6 heteroatoms. The fourth-order valence-electron chi connectivity index (χ4n) is 2.62. The quantitative estimate of drug-likeness (QED) is 0.549. The van der Waals surface area contributed by atoms with E-state index in [9.17, 15) is 0 Å². The predicted octanol–water partition coefficient (Wildman–Crippen LogP) is 4.34. The van der Waals surface area contributed by atoms with E-state index in [1.165, 1.54) is 0 Å². The third-order valence-electron chi connectivity index (χ3n) is 4.10. The van der Waals surface area contributed by atoms with Crippen molar-refractivity contribution in [2.45, 2.75) is 6.54 Å². The standard InChI is InChI=1S/C21H24N2O3S/c1-23(11-12-26-19-9-7-18(24-2)8-10-19)14-17-15-27-21(22-17)16-5-4-6-20(13-16)25-3/h4-10,13,15H,11-12,14H2,1-3H3. The lowest BCUT2D eigenvalue weighted by molar-refractivity contribution is 0.231. The third-order valence-corrected chi connectivity index (χ3v) is 5.04. The molecule has 5 nitrogen and oxygen atoms in total.